The van der Waals surface area contributed by atoms with Gasteiger partial charge in [0.05, 0.1) is 6.54 Å². The molecule has 1 aromatic carbocycles. The van der Waals surface area contributed by atoms with Gasteiger partial charge in [-0.15, -0.1) is 0 Å². The van der Waals surface area contributed by atoms with E-state index in [4.69, 9.17) is 5.73 Å². The first kappa shape index (κ1) is 12.5. The third-order valence-electron chi connectivity index (χ3n) is 2.68. The number of benzene rings is 1. The molecule has 3 nitrogen and oxygen atoms in total. The van der Waals surface area contributed by atoms with Crippen LogP contribution >= 0.6 is 0 Å². The summed E-state index contributed by atoms with van der Waals surface area (Å²) in [5.74, 6) is 0.0474. The van der Waals surface area contributed by atoms with Gasteiger partial charge in [0, 0.05) is 5.56 Å². The summed E-state index contributed by atoms with van der Waals surface area (Å²) < 4.78 is 39.1. The molecular formula is C12H12F3N3. The van der Waals surface area contributed by atoms with Gasteiger partial charge in [0.2, 0.25) is 0 Å². The number of nitrogens with two attached hydrogens (primary N) is 1. The molecule has 18 heavy (non-hydrogen) atoms. The van der Waals surface area contributed by atoms with Crippen LogP contribution in [0.25, 0.3) is 0 Å². The monoisotopic (exact) mass is 255 g/mol. The van der Waals surface area contributed by atoms with Crippen molar-refractivity contribution in [2.75, 3.05) is 5.73 Å². The number of nitrogen functional groups attached to an aromatic ring is 1. The van der Waals surface area contributed by atoms with E-state index in [1.165, 1.54) is 11.6 Å². The van der Waals surface area contributed by atoms with Gasteiger partial charge in [0.25, 0.3) is 0 Å². The van der Waals surface area contributed by atoms with Gasteiger partial charge in [-0.3, -0.25) is 0 Å². The van der Waals surface area contributed by atoms with Gasteiger partial charge in [-0.2, -0.15) is 18.3 Å². The molecule has 0 aliphatic carbocycles. The van der Waals surface area contributed by atoms with Crippen LogP contribution in [-0.4, -0.2) is 9.78 Å². The van der Waals surface area contributed by atoms with Crippen molar-refractivity contribution in [2.24, 2.45) is 0 Å². The van der Waals surface area contributed by atoms with Crippen LogP contribution in [0.5, 0.6) is 0 Å². The van der Waals surface area contributed by atoms with Crippen molar-refractivity contribution in [3.63, 3.8) is 0 Å². The quantitative estimate of drug-likeness (QED) is 0.896. The van der Waals surface area contributed by atoms with E-state index in [0.29, 0.717) is 0 Å². The van der Waals surface area contributed by atoms with Gasteiger partial charge >= 0.3 is 6.18 Å². The number of nitrogens with zero attached hydrogens (tertiary/aromatic N) is 2. The summed E-state index contributed by atoms with van der Waals surface area (Å²) in [5, 5.41) is 3.54. The Labute approximate surface area is 102 Å². The Balaban J connectivity index is 2.36. The van der Waals surface area contributed by atoms with Crippen molar-refractivity contribution in [1.82, 2.24) is 9.78 Å². The number of halogens is 3. The first-order chi connectivity index (χ1) is 8.39. The fourth-order valence-electron chi connectivity index (χ4n) is 1.71. The molecule has 0 saturated heterocycles. The van der Waals surface area contributed by atoms with Gasteiger partial charge in [-0.25, -0.2) is 4.68 Å². The Morgan fingerprint density at radius 2 is 1.83 bits per heavy atom. The van der Waals surface area contributed by atoms with E-state index in [0.717, 1.165) is 5.56 Å². The maximum absolute atomic E-state index is 12.6. The summed E-state index contributed by atoms with van der Waals surface area (Å²) in [5.41, 5.74) is 5.55. The van der Waals surface area contributed by atoms with E-state index in [1.54, 1.807) is 0 Å². The second-order valence-corrected chi connectivity index (χ2v) is 4.00. The third kappa shape index (κ3) is 2.32. The molecule has 0 unspecified atom stereocenters. The second kappa shape index (κ2) is 4.36. The molecule has 0 saturated carbocycles. The molecule has 2 rings (SSSR count). The lowest BCUT2D eigenvalue weighted by Crippen LogP contribution is -2.09. The van der Waals surface area contributed by atoms with Crippen LogP contribution in [-0.2, 0) is 12.7 Å². The zero-order chi connectivity index (χ0) is 13.3. The lowest BCUT2D eigenvalue weighted by atomic mass is 10.2. The maximum atomic E-state index is 12.6. The van der Waals surface area contributed by atoms with Crippen molar-refractivity contribution in [2.45, 2.75) is 19.6 Å². The summed E-state index contributed by atoms with van der Waals surface area (Å²) in [6.45, 7) is 1.55. The predicted octanol–water partition coefficient (Wildman–Crippen LogP) is 2.84. The average Bonchev–Trinajstić information content (AvgIpc) is 2.58. The molecule has 0 atom stereocenters. The van der Waals surface area contributed by atoms with Crippen LogP contribution in [0.4, 0.5) is 19.0 Å². The summed E-state index contributed by atoms with van der Waals surface area (Å²) in [7, 11) is 0. The Kier molecular flexibility index (Phi) is 3.02. The number of hydrogen-bond donors (Lipinski definition) is 1. The fraction of sp³-hybridized carbons (Fsp3) is 0.250. The van der Waals surface area contributed by atoms with Crippen molar-refractivity contribution < 1.29 is 13.2 Å². The molecule has 1 heterocycles. The molecule has 96 valence electrons. The number of hydrogen-bond acceptors (Lipinski definition) is 2. The van der Waals surface area contributed by atoms with Crippen LogP contribution in [0.15, 0.2) is 30.3 Å². The molecule has 1 aromatic heterocycles. The normalized spacial score (nSPS) is 11.8. The lowest BCUT2D eigenvalue weighted by Gasteiger charge is -2.04. The van der Waals surface area contributed by atoms with Crippen LogP contribution in [0, 0.1) is 6.92 Å². The fourth-order valence-corrected chi connectivity index (χ4v) is 1.71. The standard InChI is InChI=1S/C12H12F3N3/c1-8-10(12(13,14)15)17-18(11(8)16)7-9-5-3-2-4-6-9/h2-6H,7,16H2,1H3. The smallest absolute Gasteiger partial charge is 0.384 e. The number of anilines is 1. The number of rotatable bonds is 2. The molecule has 2 N–H and O–H groups in total. The minimum atomic E-state index is -4.47. The van der Waals surface area contributed by atoms with Gasteiger partial charge in [-0.1, -0.05) is 30.3 Å². The van der Waals surface area contributed by atoms with Gasteiger partial charge in [0.15, 0.2) is 5.69 Å². The highest BCUT2D eigenvalue weighted by molar-refractivity contribution is 5.43. The Morgan fingerprint density at radius 3 is 2.33 bits per heavy atom. The Hall–Kier alpha value is -1.98. The average molecular weight is 255 g/mol. The summed E-state index contributed by atoms with van der Waals surface area (Å²) in [4.78, 5) is 0. The van der Waals surface area contributed by atoms with Gasteiger partial charge in [-0.05, 0) is 12.5 Å². The maximum Gasteiger partial charge on any atom is 0.435 e. The predicted molar refractivity (Wildman–Crippen MR) is 61.9 cm³/mol. The Bertz CT molecular complexity index is 544. The highest BCUT2D eigenvalue weighted by atomic mass is 19.4. The Morgan fingerprint density at radius 1 is 1.22 bits per heavy atom. The largest absolute Gasteiger partial charge is 0.435 e. The minimum Gasteiger partial charge on any atom is -0.384 e. The van der Waals surface area contributed by atoms with Crippen molar-refractivity contribution >= 4 is 5.82 Å². The molecule has 0 spiro atoms. The van der Waals surface area contributed by atoms with Crippen molar-refractivity contribution in [1.29, 1.82) is 0 Å². The van der Waals surface area contributed by atoms with Crippen molar-refractivity contribution in [3.8, 4) is 0 Å². The zero-order valence-corrected chi connectivity index (χ0v) is 9.70. The van der Waals surface area contributed by atoms with E-state index in [1.807, 2.05) is 30.3 Å². The number of alkyl halides is 3. The molecule has 0 bridgehead atoms. The van der Waals surface area contributed by atoms with E-state index in [-0.39, 0.29) is 17.9 Å². The van der Waals surface area contributed by atoms with Crippen molar-refractivity contribution in [3.05, 3.63) is 47.2 Å². The summed E-state index contributed by atoms with van der Waals surface area (Å²) >= 11 is 0. The molecule has 0 aliphatic rings. The lowest BCUT2D eigenvalue weighted by molar-refractivity contribution is -0.141. The van der Waals surface area contributed by atoms with E-state index >= 15 is 0 Å². The SMILES string of the molecule is Cc1c(C(F)(F)F)nn(Cc2ccccc2)c1N. The van der Waals surface area contributed by atoms with E-state index < -0.39 is 11.9 Å². The van der Waals surface area contributed by atoms with Crippen LogP contribution in [0.1, 0.15) is 16.8 Å². The van der Waals surface area contributed by atoms with Crippen LogP contribution in [0.3, 0.4) is 0 Å². The molecule has 0 fully saturated rings. The summed E-state index contributed by atoms with van der Waals surface area (Å²) in [6.07, 6.45) is -4.47. The molecule has 2 aromatic rings. The molecular weight excluding hydrogens is 243 g/mol. The van der Waals surface area contributed by atoms with Gasteiger partial charge in [0.1, 0.15) is 5.82 Å². The minimum absolute atomic E-state index is 0.0292. The molecule has 0 aliphatic heterocycles. The van der Waals surface area contributed by atoms with E-state index in [9.17, 15) is 13.2 Å². The molecule has 6 heteroatoms. The van der Waals surface area contributed by atoms with Crippen LogP contribution < -0.4 is 5.73 Å². The van der Waals surface area contributed by atoms with Crippen LogP contribution in [0.2, 0.25) is 0 Å². The molecule has 0 radical (unpaired) electrons. The van der Waals surface area contributed by atoms with E-state index in [2.05, 4.69) is 5.10 Å². The molecule has 0 amide bonds. The first-order valence-corrected chi connectivity index (χ1v) is 5.33. The number of aromatic nitrogens is 2. The first-order valence-electron chi connectivity index (χ1n) is 5.33. The topological polar surface area (TPSA) is 43.8 Å². The third-order valence-corrected chi connectivity index (χ3v) is 2.68. The zero-order valence-electron chi connectivity index (χ0n) is 9.70. The highest BCUT2D eigenvalue weighted by Crippen LogP contribution is 2.33. The summed E-state index contributed by atoms with van der Waals surface area (Å²) in [6, 6.07) is 9.08. The van der Waals surface area contributed by atoms with Gasteiger partial charge < -0.3 is 5.73 Å². The second-order valence-electron chi connectivity index (χ2n) is 4.00. The highest BCUT2D eigenvalue weighted by Gasteiger charge is 2.37.